The van der Waals surface area contributed by atoms with Crippen molar-refractivity contribution >= 4 is 43.7 Å². The molecule has 0 bridgehead atoms. The van der Waals surface area contributed by atoms with Crippen LogP contribution in [0.15, 0.2) is 16.2 Å². The Morgan fingerprint density at radius 3 is 2.87 bits per heavy atom. The summed E-state index contributed by atoms with van der Waals surface area (Å²) in [5, 5.41) is 4.12. The molecule has 0 atom stereocenters. The van der Waals surface area contributed by atoms with E-state index in [-0.39, 0.29) is 0 Å². The van der Waals surface area contributed by atoms with Crippen LogP contribution in [0.25, 0.3) is 0 Å². The third-order valence-corrected chi connectivity index (χ3v) is 4.41. The Balaban J connectivity index is 2.06. The first kappa shape index (κ1) is 11.0. The minimum atomic E-state index is 0.867. The lowest BCUT2D eigenvalue weighted by Gasteiger charge is -2.13. The summed E-state index contributed by atoms with van der Waals surface area (Å²) in [5.41, 5.74) is 0. The summed E-state index contributed by atoms with van der Waals surface area (Å²) in [4.78, 5) is 12.0. The van der Waals surface area contributed by atoms with Gasteiger partial charge in [0.15, 0.2) is 5.13 Å². The molecule has 6 heteroatoms. The summed E-state index contributed by atoms with van der Waals surface area (Å²) < 4.78 is 0.898. The van der Waals surface area contributed by atoms with E-state index in [1.165, 1.54) is 4.88 Å². The number of nitrogens with zero attached hydrogens (tertiary/aromatic N) is 3. The maximum atomic E-state index is 4.36. The molecular weight excluding hydrogens is 294 g/mol. The van der Waals surface area contributed by atoms with Crippen molar-refractivity contribution in [2.75, 3.05) is 11.9 Å². The minimum Gasteiger partial charge on any atom is -0.346 e. The molecule has 2 rings (SSSR count). The third-order valence-electron chi connectivity index (χ3n) is 1.85. The molecule has 0 radical (unpaired) electrons. The molecule has 0 aromatic carbocycles. The highest BCUT2D eigenvalue weighted by Crippen LogP contribution is 2.24. The van der Waals surface area contributed by atoms with Crippen LogP contribution in [0, 0.1) is 6.92 Å². The lowest BCUT2D eigenvalue weighted by molar-refractivity contribution is 0.925. The van der Waals surface area contributed by atoms with Gasteiger partial charge in [0, 0.05) is 23.5 Å². The van der Waals surface area contributed by atoms with E-state index in [4.69, 9.17) is 0 Å². The van der Waals surface area contributed by atoms with E-state index in [9.17, 15) is 0 Å². The van der Waals surface area contributed by atoms with Crippen LogP contribution in [0.2, 0.25) is 0 Å². The molecule has 2 heterocycles. The molecule has 0 amide bonds. The Labute approximate surface area is 105 Å². The van der Waals surface area contributed by atoms with Gasteiger partial charge in [-0.15, -0.1) is 22.7 Å². The molecule has 2 aromatic heterocycles. The predicted molar refractivity (Wildman–Crippen MR) is 68.8 cm³/mol. The average molecular weight is 304 g/mol. The van der Waals surface area contributed by atoms with Gasteiger partial charge in [-0.25, -0.2) is 9.97 Å². The molecule has 0 spiro atoms. The first-order valence-electron chi connectivity index (χ1n) is 4.38. The SMILES string of the molecule is Cc1ncc(CN(C)c2nc(Br)cs2)s1. The van der Waals surface area contributed by atoms with Crippen molar-refractivity contribution < 1.29 is 0 Å². The van der Waals surface area contributed by atoms with E-state index >= 15 is 0 Å². The Morgan fingerprint density at radius 1 is 1.53 bits per heavy atom. The predicted octanol–water partition coefficient (Wildman–Crippen LogP) is 3.31. The Kier molecular flexibility index (Phi) is 3.38. The molecule has 0 fully saturated rings. The second-order valence-electron chi connectivity index (χ2n) is 3.15. The highest BCUT2D eigenvalue weighted by atomic mass is 79.9. The first-order chi connectivity index (χ1) is 7.15. The molecule has 0 aliphatic heterocycles. The van der Waals surface area contributed by atoms with Crippen LogP contribution in [0.1, 0.15) is 9.88 Å². The zero-order chi connectivity index (χ0) is 10.8. The van der Waals surface area contributed by atoms with Gasteiger partial charge in [-0.1, -0.05) is 0 Å². The smallest absolute Gasteiger partial charge is 0.186 e. The largest absolute Gasteiger partial charge is 0.346 e. The molecular formula is C9H10BrN3S2. The molecule has 0 saturated heterocycles. The maximum Gasteiger partial charge on any atom is 0.186 e. The van der Waals surface area contributed by atoms with Crippen LogP contribution in [0.5, 0.6) is 0 Å². The summed E-state index contributed by atoms with van der Waals surface area (Å²) in [7, 11) is 2.04. The van der Waals surface area contributed by atoms with Crippen LogP contribution >= 0.6 is 38.6 Å². The van der Waals surface area contributed by atoms with Gasteiger partial charge in [0.25, 0.3) is 0 Å². The van der Waals surface area contributed by atoms with Crippen LogP contribution in [-0.2, 0) is 6.54 Å². The van der Waals surface area contributed by atoms with Crippen LogP contribution in [0.4, 0.5) is 5.13 Å². The quantitative estimate of drug-likeness (QED) is 0.871. The van der Waals surface area contributed by atoms with E-state index in [1.54, 1.807) is 22.7 Å². The van der Waals surface area contributed by atoms with Crippen molar-refractivity contribution in [3.05, 3.63) is 26.1 Å². The van der Waals surface area contributed by atoms with E-state index < -0.39 is 0 Å². The van der Waals surface area contributed by atoms with Crippen molar-refractivity contribution in [1.29, 1.82) is 0 Å². The molecule has 0 saturated carbocycles. The number of hydrogen-bond donors (Lipinski definition) is 0. The van der Waals surface area contributed by atoms with E-state index in [0.29, 0.717) is 0 Å². The molecule has 80 valence electrons. The molecule has 3 nitrogen and oxygen atoms in total. The van der Waals surface area contributed by atoms with Crippen molar-refractivity contribution in [3.8, 4) is 0 Å². The van der Waals surface area contributed by atoms with Crippen LogP contribution < -0.4 is 4.90 Å². The zero-order valence-electron chi connectivity index (χ0n) is 8.40. The molecule has 0 aliphatic rings. The monoisotopic (exact) mass is 303 g/mol. The van der Waals surface area contributed by atoms with Crippen molar-refractivity contribution in [2.45, 2.75) is 13.5 Å². The second kappa shape index (κ2) is 4.59. The standard InChI is InChI=1S/C9H10BrN3S2/c1-6-11-3-7(15-6)4-13(2)9-12-8(10)5-14-9/h3,5H,4H2,1-2H3. The minimum absolute atomic E-state index is 0.867. The third kappa shape index (κ3) is 2.76. The van der Waals surface area contributed by atoms with Crippen molar-refractivity contribution in [3.63, 3.8) is 0 Å². The summed E-state index contributed by atoms with van der Waals surface area (Å²) in [5.74, 6) is 0. The first-order valence-corrected chi connectivity index (χ1v) is 6.87. The number of halogens is 1. The average Bonchev–Trinajstić information content (AvgIpc) is 2.75. The van der Waals surface area contributed by atoms with Gasteiger partial charge >= 0.3 is 0 Å². The van der Waals surface area contributed by atoms with Gasteiger partial charge in [-0.3, -0.25) is 0 Å². The lowest BCUT2D eigenvalue weighted by Crippen LogP contribution is -2.15. The number of aryl methyl sites for hydroxylation is 1. The van der Waals surface area contributed by atoms with Gasteiger partial charge in [0.2, 0.25) is 0 Å². The fourth-order valence-electron chi connectivity index (χ4n) is 1.20. The second-order valence-corrected chi connectivity index (χ2v) is 6.12. The fraction of sp³-hybridized carbons (Fsp3) is 0.333. The van der Waals surface area contributed by atoms with Gasteiger partial charge in [-0.2, -0.15) is 0 Å². The number of rotatable bonds is 3. The molecule has 15 heavy (non-hydrogen) atoms. The van der Waals surface area contributed by atoms with E-state index in [1.807, 2.05) is 25.5 Å². The number of hydrogen-bond acceptors (Lipinski definition) is 5. The van der Waals surface area contributed by atoms with Crippen molar-refractivity contribution in [2.24, 2.45) is 0 Å². The number of thiazole rings is 2. The molecule has 0 unspecified atom stereocenters. The van der Waals surface area contributed by atoms with Gasteiger partial charge in [-0.05, 0) is 22.9 Å². The summed E-state index contributed by atoms with van der Waals surface area (Å²) in [6.07, 6.45) is 1.93. The highest BCUT2D eigenvalue weighted by Gasteiger charge is 2.07. The maximum absolute atomic E-state index is 4.36. The van der Waals surface area contributed by atoms with Gasteiger partial charge in [0.05, 0.1) is 11.6 Å². The van der Waals surface area contributed by atoms with E-state index in [2.05, 4.69) is 30.8 Å². The van der Waals surface area contributed by atoms with Crippen molar-refractivity contribution in [1.82, 2.24) is 9.97 Å². The molecule has 0 aliphatic carbocycles. The molecule has 2 aromatic rings. The fourth-order valence-corrected chi connectivity index (χ4v) is 3.27. The van der Waals surface area contributed by atoms with Crippen LogP contribution in [-0.4, -0.2) is 17.0 Å². The Hall–Kier alpha value is -0.460. The summed E-state index contributed by atoms with van der Waals surface area (Å²) >= 11 is 6.72. The number of anilines is 1. The highest BCUT2D eigenvalue weighted by molar-refractivity contribution is 9.10. The normalized spacial score (nSPS) is 10.6. The summed E-state index contributed by atoms with van der Waals surface area (Å²) in [6.45, 7) is 2.89. The van der Waals surface area contributed by atoms with Gasteiger partial charge in [0.1, 0.15) is 4.60 Å². The topological polar surface area (TPSA) is 29.0 Å². The Morgan fingerprint density at radius 2 is 2.33 bits per heavy atom. The Bertz CT molecular complexity index is 452. The number of aromatic nitrogens is 2. The zero-order valence-corrected chi connectivity index (χ0v) is 11.6. The van der Waals surface area contributed by atoms with Gasteiger partial charge < -0.3 is 4.90 Å². The van der Waals surface area contributed by atoms with Crippen LogP contribution in [0.3, 0.4) is 0 Å². The summed E-state index contributed by atoms with van der Waals surface area (Å²) in [6, 6.07) is 0. The lowest BCUT2D eigenvalue weighted by atomic mass is 10.5. The van der Waals surface area contributed by atoms with E-state index in [0.717, 1.165) is 21.3 Å². The molecule has 0 N–H and O–H groups in total.